The standard InChI is InChI=1S/C7H8N2O2/c10-5-11-7-3-4-9(8-7)6-1-2-6/h3-6H,1-2H2. The Morgan fingerprint density at radius 1 is 1.73 bits per heavy atom. The monoisotopic (exact) mass is 152 g/mol. The summed E-state index contributed by atoms with van der Waals surface area (Å²) >= 11 is 0. The summed E-state index contributed by atoms with van der Waals surface area (Å²) in [5, 5.41) is 4.03. The van der Waals surface area contributed by atoms with Gasteiger partial charge >= 0.3 is 0 Å². The van der Waals surface area contributed by atoms with E-state index >= 15 is 0 Å². The number of hydrogen-bond donors (Lipinski definition) is 0. The van der Waals surface area contributed by atoms with E-state index in [1.165, 1.54) is 12.8 Å². The van der Waals surface area contributed by atoms with Gasteiger partial charge in [0.25, 0.3) is 6.47 Å². The smallest absolute Gasteiger partial charge is 0.299 e. The van der Waals surface area contributed by atoms with Crippen LogP contribution in [0.3, 0.4) is 0 Å². The van der Waals surface area contributed by atoms with Crippen LogP contribution in [0.25, 0.3) is 0 Å². The van der Waals surface area contributed by atoms with E-state index in [0.29, 0.717) is 18.4 Å². The molecule has 0 bridgehead atoms. The molecule has 58 valence electrons. The van der Waals surface area contributed by atoms with E-state index < -0.39 is 0 Å². The van der Waals surface area contributed by atoms with E-state index in [-0.39, 0.29) is 0 Å². The summed E-state index contributed by atoms with van der Waals surface area (Å²) in [5.41, 5.74) is 0. The van der Waals surface area contributed by atoms with Crippen molar-refractivity contribution >= 4 is 6.47 Å². The molecular formula is C7H8N2O2. The lowest BCUT2D eigenvalue weighted by Gasteiger charge is -1.93. The number of nitrogens with zero attached hydrogens (tertiary/aromatic N) is 2. The minimum atomic E-state index is 0.381. The molecule has 1 aliphatic carbocycles. The van der Waals surface area contributed by atoms with E-state index in [4.69, 9.17) is 0 Å². The number of hydrogen-bond acceptors (Lipinski definition) is 3. The molecular weight excluding hydrogens is 144 g/mol. The van der Waals surface area contributed by atoms with E-state index in [2.05, 4.69) is 9.84 Å². The second kappa shape index (κ2) is 2.38. The summed E-state index contributed by atoms with van der Waals surface area (Å²) in [5.74, 6) is 0.381. The highest BCUT2D eigenvalue weighted by Gasteiger charge is 2.24. The molecule has 4 nitrogen and oxygen atoms in total. The van der Waals surface area contributed by atoms with Gasteiger partial charge in [0.05, 0.1) is 6.04 Å². The zero-order valence-corrected chi connectivity index (χ0v) is 5.93. The normalized spacial score (nSPS) is 16.4. The molecule has 11 heavy (non-hydrogen) atoms. The predicted octanol–water partition coefficient (Wildman–Crippen LogP) is 0.753. The highest BCUT2D eigenvalue weighted by atomic mass is 16.5. The zero-order chi connectivity index (χ0) is 7.68. The maximum Gasteiger partial charge on any atom is 0.299 e. The van der Waals surface area contributed by atoms with Crippen LogP contribution >= 0.6 is 0 Å². The maximum absolute atomic E-state index is 9.90. The number of rotatable bonds is 3. The Kier molecular flexibility index (Phi) is 1.38. The highest BCUT2D eigenvalue weighted by molar-refractivity contribution is 5.42. The Labute approximate surface area is 63.8 Å². The fourth-order valence-electron chi connectivity index (χ4n) is 0.975. The van der Waals surface area contributed by atoms with Crippen LogP contribution in [0.5, 0.6) is 5.88 Å². The van der Waals surface area contributed by atoms with Crippen LogP contribution in [-0.4, -0.2) is 16.3 Å². The van der Waals surface area contributed by atoms with Gasteiger partial charge in [0.2, 0.25) is 5.88 Å². The van der Waals surface area contributed by atoms with E-state index in [1.54, 1.807) is 6.07 Å². The lowest BCUT2D eigenvalue weighted by molar-refractivity contribution is -0.120. The summed E-state index contributed by atoms with van der Waals surface area (Å²) in [4.78, 5) is 9.90. The van der Waals surface area contributed by atoms with Crippen LogP contribution in [0.15, 0.2) is 12.3 Å². The quantitative estimate of drug-likeness (QED) is 0.600. The first-order chi connectivity index (χ1) is 5.40. The Morgan fingerprint density at radius 2 is 2.55 bits per heavy atom. The minimum Gasteiger partial charge on any atom is -0.408 e. The average molecular weight is 152 g/mol. The van der Waals surface area contributed by atoms with Crippen molar-refractivity contribution in [1.29, 1.82) is 0 Å². The van der Waals surface area contributed by atoms with Gasteiger partial charge in [-0.3, -0.25) is 9.48 Å². The van der Waals surface area contributed by atoms with Gasteiger partial charge in [-0.05, 0) is 12.8 Å². The third-order valence-electron chi connectivity index (χ3n) is 1.67. The van der Waals surface area contributed by atoms with Gasteiger partial charge in [0.1, 0.15) is 0 Å². The van der Waals surface area contributed by atoms with Crippen molar-refractivity contribution in [3.63, 3.8) is 0 Å². The Morgan fingerprint density at radius 3 is 3.18 bits per heavy atom. The van der Waals surface area contributed by atoms with Gasteiger partial charge in [-0.1, -0.05) is 0 Å². The highest BCUT2D eigenvalue weighted by Crippen LogP contribution is 2.34. The van der Waals surface area contributed by atoms with Crippen molar-refractivity contribution < 1.29 is 9.53 Å². The van der Waals surface area contributed by atoms with Crippen LogP contribution in [0.4, 0.5) is 0 Å². The summed E-state index contributed by atoms with van der Waals surface area (Å²) in [6, 6.07) is 2.23. The molecule has 1 aliphatic rings. The summed E-state index contributed by atoms with van der Waals surface area (Å²) in [6.07, 6.45) is 4.20. The van der Waals surface area contributed by atoms with Crippen molar-refractivity contribution in [2.75, 3.05) is 0 Å². The van der Waals surface area contributed by atoms with E-state index in [0.717, 1.165) is 0 Å². The average Bonchev–Trinajstić information content (AvgIpc) is 2.75. The largest absolute Gasteiger partial charge is 0.408 e. The molecule has 0 unspecified atom stereocenters. The molecule has 0 amide bonds. The van der Waals surface area contributed by atoms with Crippen LogP contribution in [0.2, 0.25) is 0 Å². The van der Waals surface area contributed by atoms with Gasteiger partial charge in [-0.25, -0.2) is 0 Å². The first-order valence-electron chi connectivity index (χ1n) is 3.55. The first-order valence-corrected chi connectivity index (χ1v) is 3.55. The van der Waals surface area contributed by atoms with Crippen LogP contribution < -0.4 is 4.74 Å². The molecule has 0 radical (unpaired) electrons. The van der Waals surface area contributed by atoms with Crippen LogP contribution in [0, 0.1) is 0 Å². The van der Waals surface area contributed by atoms with Crippen molar-refractivity contribution in [3.05, 3.63) is 12.3 Å². The SMILES string of the molecule is O=COc1ccn(C2CC2)n1. The molecule has 0 atom stereocenters. The van der Waals surface area contributed by atoms with E-state index in [1.807, 2.05) is 10.9 Å². The number of carbonyl (C=O) groups is 1. The lowest BCUT2D eigenvalue weighted by Crippen LogP contribution is -1.95. The summed E-state index contributed by atoms with van der Waals surface area (Å²) < 4.78 is 6.38. The lowest BCUT2D eigenvalue weighted by atomic mass is 10.7. The van der Waals surface area contributed by atoms with Crippen molar-refractivity contribution in [1.82, 2.24) is 9.78 Å². The zero-order valence-electron chi connectivity index (χ0n) is 5.93. The van der Waals surface area contributed by atoms with Gasteiger partial charge in [-0.15, -0.1) is 5.10 Å². The second-order valence-electron chi connectivity index (χ2n) is 2.58. The Hall–Kier alpha value is -1.32. The fraction of sp³-hybridized carbons (Fsp3) is 0.429. The van der Waals surface area contributed by atoms with Crippen molar-refractivity contribution in [2.24, 2.45) is 0 Å². The molecule has 1 aromatic rings. The molecule has 4 heteroatoms. The molecule has 0 spiro atoms. The molecule has 2 rings (SSSR count). The predicted molar refractivity (Wildman–Crippen MR) is 37.2 cm³/mol. The Balaban J connectivity index is 2.11. The van der Waals surface area contributed by atoms with Crippen molar-refractivity contribution in [3.8, 4) is 5.88 Å². The third kappa shape index (κ3) is 1.24. The minimum absolute atomic E-state index is 0.381. The van der Waals surface area contributed by atoms with Crippen molar-refractivity contribution in [2.45, 2.75) is 18.9 Å². The topological polar surface area (TPSA) is 44.1 Å². The van der Waals surface area contributed by atoms with Gasteiger partial charge in [-0.2, -0.15) is 0 Å². The molecule has 1 aromatic heterocycles. The molecule has 1 saturated carbocycles. The first kappa shape index (κ1) is 6.39. The molecule has 0 N–H and O–H groups in total. The molecule has 0 aromatic carbocycles. The maximum atomic E-state index is 9.90. The van der Waals surface area contributed by atoms with E-state index in [9.17, 15) is 4.79 Å². The van der Waals surface area contributed by atoms with Gasteiger partial charge in [0, 0.05) is 12.3 Å². The molecule has 1 heterocycles. The third-order valence-corrected chi connectivity index (χ3v) is 1.67. The van der Waals surface area contributed by atoms with Crippen LogP contribution in [0.1, 0.15) is 18.9 Å². The number of ether oxygens (including phenoxy) is 1. The fourth-order valence-corrected chi connectivity index (χ4v) is 0.975. The summed E-state index contributed by atoms with van der Waals surface area (Å²) in [7, 11) is 0. The number of carbonyl (C=O) groups excluding carboxylic acids is 1. The molecule has 0 aliphatic heterocycles. The second-order valence-corrected chi connectivity index (χ2v) is 2.58. The van der Waals surface area contributed by atoms with Crippen LogP contribution in [-0.2, 0) is 4.79 Å². The number of aromatic nitrogens is 2. The van der Waals surface area contributed by atoms with Gasteiger partial charge in [0.15, 0.2) is 0 Å². The Bertz CT molecular complexity index is 265. The molecule has 0 saturated heterocycles. The molecule has 1 fully saturated rings. The summed E-state index contributed by atoms with van der Waals surface area (Å²) in [6.45, 7) is 0.388. The van der Waals surface area contributed by atoms with Gasteiger partial charge < -0.3 is 4.74 Å².